The molecule has 1 aromatic heterocycles. The Morgan fingerprint density at radius 3 is 2.57 bits per heavy atom. The van der Waals surface area contributed by atoms with Crippen molar-refractivity contribution in [2.45, 2.75) is 13.5 Å². The Bertz CT molecular complexity index is 1160. The molecule has 0 radical (unpaired) electrons. The normalized spacial score (nSPS) is 11.3. The first kappa shape index (κ1) is 21.8. The van der Waals surface area contributed by atoms with Gasteiger partial charge in [-0.15, -0.1) is 0 Å². The lowest BCUT2D eigenvalue weighted by Crippen LogP contribution is -2.41. The topological polar surface area (TPSA) is 96.6 Å². The summed E-state index contributed by atoms with van der Waals surface area (Å²) in [5.74, 6) is 0.213. The van der Waals surface area contributed by atoms with Gasteiger partial charge in [-0.1, -0.05) is 52.7 Å². The molecule has 0 saturated carbocycles. The van der Waals surface area contributed by atoms with Gasteiger partial charge in [-0.25, -0.2) is 8.42 Å². The van der Waals surface area contributed by atoms with E-state index in [1.165, 1.54) is 11.9 Å². The lowest BCUT2D eigenvalue weighted by Gasteiger charge is -2.25. The fraction of sp³-hybridized carbons (Fsp3) is 0.250. The number of para-hydroxylation sites is 1. The van der Waals surface area contributed by atoms with Gasteiger partial charge < -0.3 is 9.42 Å². The molecular formula is C20H21ClN4O4S. The molecule has 0 spiro atoms. The predicted octanol–water partition coefficient (Wildman–Crippen LogP) is 3.12. The summed E-state index contributed by atoms with van der Waals surface area (Å²) < 4.78 is 30.7. The smallest absolute Gasteiger partial charge is 0.246 e. The molecular weight excluding hydrogens is 428 g/mol. The third-order valence-corrected chi connectivity index (χ3v) is 5.79. The van der Waals surface area contributed by atoms with Crippen molar-refractivity contribution in [1.29, 1.82) is 0 Å². The molecule has 0 unspecified atom stereocenters. The molecule has 1 heterocycles. The molecule has 0 saturated heterocycles. The molecule has 0 aliphatic carbocycles. The van der Waals surface area contributed by atoms with Crippen molar-refractivity contribution < 1.29 is 17.7 Å². The van der Waals surface area contributed by atoms with Crippen LogP contribution in [0.25, 0.3) is 11.4 Å². The maximum atomic E-state index is 12.7. The first-order chi connectivity index (χ1) is 14.1. The van der Waals surface area contributed by atoms with Gasteiger partial charge in [-0.05, 0) is 25.1 Å². The van der Waals surface area contributed by atoms with Crippen LogP contribution in [0.2, 0.25) is 5.02 Å². The highest BCUT2D eigenvalue weighted by Gasteiger charge is 2.25. The molecule has 0 aliphatic rings. The van der Waals surface area contributed by atoms with Gasteiger partial charge >= 0.3 is 0 Å². The quantitative estimate of drug-likeness (QED) is 0.551. The Morgan fingerprint density at radius 1 is 1.17 bits per heavy atom. The number of likely N-dealkylation sites (N-methyl/N-ethyl adjacent to an activating group) is 1. The summed E-state index contributed by atoms with van der Waals surface area (Å²) in [7, 11) is -2.19. The van der Waals surface area contributed by atoms with Crippen LogP contribution in [0.3, 0.4) is 0 Å². The van der Waals surface area contributed by atoms with Crippen LogP contribution in [0.1, 0.15) is 11.5 Å². The third-order valence-electron chi connectivity index (χ3n) is 4.34. The molecule has 1 amide bonds. The van der Waals surface area contributed by atoms with E-state index < -0.39 is 22.5 Å². The van der Waals surface area contributed by atoms with Gasteiger partial charge in [0.2, 0.25) is 27.6 Å². The molecule has 158 valence electrons. The average molecular weight is 449 g/mol. The summed E-state index contributed by atoms with van der Waals surface area (Å²) in [4.78, 5) is 18.3. The minimum absolute atomic E-state index is 0.0395. The van der Waals surface area contributed by atoms with E-state index in [1.54, 1.807) is 24.3 Å². The Morgan fingerprint density at radius 2 is 1.90 bits per heavy atom. The van der Waals surface area contributed by atoms with E-state index >= 15 is 0 Å². The average Bonchev–Trinajstić information content (AvgIpc) is 3.14. The van der Waals surface area contributed by atoms with E-state index in [0.717, 1.165) is 21.7 Å². The van der Waals surface area contributed by atoms with Crippen molar-refractivity contribution in [3.8, 4) is 11.4 Å². The van der Waals surface area contributed by atoms with Crippen LogP contribution < -0.4 is 4.31 Å². The highest BCUT2D eigenvalue weighted by Crippen LogP contribution is 2.27. The van der Waals surface area contributed by atoms with Crippen molar-refractivity contribution in [3.05, 3.63) is 65.0 Å². The molecule has 0 atom stereocenters. The number of rotatable bonds is 7. The SMILES string of the molecule is Cc1cccc(-c2noc(CN(C)C(=O)CN(c3ccccc3Cl)S(C)(=O)=O)n2)c1. The van der Waals surface area contributed by atoms with E-state index in [1.807, 2.05) is 31.2 Å². The maximum Gasteiger partial charge on any atom is 0.246 e. The standard InChI is InChI=1S/C20H21ClN4O4S/c1-14-7-6-8-15(11-14)20-22-18(29-23-20)12-24(2)19(26)13-25(30(3,27)28)17-10-5-4-9-16(17)21/h4-11H,12-13H2,1-3H3. The summed E-state index contributed by atoms with van der Waals surface area (Å²) >= 11 is 6.13. The highest BCUT2D eigenvalue weighted by molar-refractivity contribution is 7.92. The van der Waals surface area contributed by atoms with E-state index in [-0.39, 0.29) is 23.1 Å². The van der Waals surface area contributed by atoms with Gasteiger partial charge in [-0.3, -0.25) is 9.10 Å². The van der Waals surface area contributed by atoms with Gasteiger partial charge in [0.25, 0.3) is 0 Å². The number of hydrogen-bond donors (Lipinski definition) is 0. The highest BCUT2D eigenvalue weighted by atomic mass is 35.5. The molecule has 0 N–H and O–H groups in total. The number of benzene rings is 2. The first-order valence-corrected chi connectivity index (χ1v) is 11.2. The summed E-state index contributed by atoms with van der Waals surface area (Å²) in [6, 6.07) is 14.1. The Labute approximate surface area is 180 Å². The van der Waals surface area contributed by atoms with E-state index in [4.69, 9.17) is 16.1 Å². The van der Waals surface area contributed by atoms with Crippen LogP contribution in [-0.4, -0.2) is 49.2 Å². The molecule has 3 rings (SSSR count). The number of nitrogens with zero attached hydrogens (tertiary/aromatic N) is 4. The first-order valence-electron chi connectivity index (χ1n) is 9.01. The Hall–Kier alpha value is -2.91. The number of carbonyl (C=O) groups is 1. The molecule has 0 fully saturated rings. The zero-order chi connectivity index (χ0) is 21.9. The van der Waals surface area contributed by atoms with Crippen LogP contribution in [0, 0.1) is 6.92 Å². The second kappa shape index (κ2) is 8.85. The predicted molar refractivity (Wildman–Crippen MR) is 115 cm³/mol. The minimum Gasteiger partial charge on any atom is -0.337 e. The zero-order valence-corrected chi connectivity index (χ0v) is 18.3. The van der Waals surface area contributed by atoms with E-state index in [9.17, 15) is 13.2 Å². The Balaban J connectivity index is 1.73. The number of hydrogen-bond acceptors (Lipinski definition) is 6. The van der Waals surface area contributed by atoms with Gasteiger partial charge in [0.05, 0.1) is 23.5 Å². The Kier molecular flexibility index (Phi) is 6.42. The van der Waals surface area contributed by atoms with E-state index in [0.29, 0.717) is 5.82 Å². The van der Waals surface area contributed by atoms with Gasteiger partial charge in [0, 0.05) is 12.6 Å². The second-order valence-corrected chi connectivity index (χ2v) is 9.17. The minimum atomic E-state index is -3.73. The fourth-order valence-corrected chi connectivity index (χ4v) is 3.94. The van der Waals surface area contributed by atoms with Crippen LogP contribution in [0.5, 0.6) is 0 Å². The van der Waals surface area contributed by atoms with Crippen molar-refractivity contribution >= 4 is 33.2 Å². The number of aryl methyl sites for hydroxylation is 1. The summed E-state index contributed by atoms with van der Waals surface area (Å²) in [6.07, 6.45) is 1.02. The number of halogens is 1. The summed E-state index contributed by atoms with van der Waals surface area (Å²) in [5.41, 5.74) is 2.11. The van der Waals surface area contributed by atoms with Crippen LogP contribution in [0.15, 0.2) is 53.1 Å². The largest absolute Gasteiger partial charge is 0.337 e. The lowest BCUT2D eigenvalue weighted by atomic mass is 10.1. The number of sulfonamides is 1. The molecule has 0 bridgehead atoms. The van der Waals surface area contributed by atoms with Crippen LogP contribution in [-0.2, 0) is 21.4 Å². The zero-order valence-electron chi connectivity index (χ0n) is 16.7. The van der Waals surface area contributed by atoms with Crippen LogP contribution in [0.4, 0.5) is 5.69 Å². The molecule has 2 aromatic carbocycles. The maximum absolute atomic E-state index is 12.7. The number of amides is 1. The van der Waals surface area contributed by atoms with Crippen LogP contribution >= 0.6 is 11.6 Å². The number of aromatic nitrogens is 2. The summed E-state index contributed by atoms with van der Waals surface area (Å²) in [6.45, 7) is 1.60. The molecule has 3 aromatic rings. The molecule has 10 heteroatoms. The molecule has 30 heavy (non-hydrogen) atoms. The van der Waals surface area contributed by atoms with Crippen molar-refractivity contribution in [1.82, 2.24) is 15.0 Å². The van der Waals surface area contributed by atoms with E-state index in [2.05, 4.69) is 10.1 Å². The van der Waals surface area contributed by atoms with Gasteiger partial charge in [0.1, 0.15) is 6.54 Å². The fourth-order valence-electron chi connectivity index (χ4n) is 2.79. The number of anilines is 1. The van der Waals surface area contributed by atoms with Crippen molar-refractivity contribution in [2.75, 3.05) is 24.2 Å². The molecule has 8 nitrogen and oxygen atoms in total. The summed E-state index contributed by atoms with van der Waals surface area (Å²) in [5, 5.41) is 4.19. The molecule has 0 aliphatic heterocycles. The lowest BCUT2D eigenvalue weighted by molar-refractivity contribution is -0.129. The number of carbonyl (C=O) groups excluding carboxylic acids is 1. The van der Waals surface area contributed by atoms with Crippen molar-refractivity contribution in [2.24, 2.45) is 0 Å². The third kappa shape index (κ3) is 5.17. The second-order valence-electron chi connectivity index (χ2n) is 6.85. The van der Waals surface area contributed by atoms with Crippen molar-refractivity contribution in [3.63, 3.8) is 0 Å². The monoisotopic (exact) mass is 448 g/mol. The van der Waals surface area contributed by atoms with Gasteiger partial charge in [0.15, 0.2) is 0 Å². The van der Waals surface area contributed by atoms with Gasteiger partial charge in [-0.2, -0.15) is 4.98 Å².